The number of benzene rings is 1. The number of rotatable bonds is 7. The van der Waals surface area contributed by atoms with Gasteiger partial charge in [0.05, 0.1) is 13.7 Å². The molecule has 0 amide bonds. The molecule has 19 heavy (non-hydrogen) atoms. The Morgan fingerprint density at radius 1 is 1.11 bits per heavy atom. The molecule has 0 unspecified atom stereocenters. The van der Waals surface area contributed by atoms with Crippen molar-refractivity contribution in [2.24, 2.45) is 0 Å². The van der Waals surface area contributed by atoms with Crippen molar-refractivity contribution in [3.05, 3.63) is 29.8 Å². The van der Waals surface area contributed by atoms with Crippen molar-refractivity contribution >= 4 is 17.3 Å². The van der Waals surface area contributed by atoms with Crippen LogP contribution in [0.3, 0.4) is 0 Å². The number of hydrogen-bond acceptors (Lipinski definition) is 4. The summed E-state index contributed by atoms with van der Waals surface area (Å²) in [5, 5.41) is 6.70. The van der Waals surface area contributed by atoms with Crippen molar-refractivity contribution < 1.29 is 14.2 Å². The Morgan fingerprint density at radius 3 is 2.26 bits per heavy atom. The van der Waals surface area contributed by atoms with Crippen molar-refractivity contribution in [3.63, 3.8) is 0 Å². The van der Waals surface area contributed by atoms with E-state index in [1.54, 1.807) is 21.3 Å². The monoisotopic (exact) mass is 284 g/mol. The van der Waals surface area contributed by atoms with Crippen LogP contribution in [0.4, 0.5) is 0 Å². The topological polar surface area (TPSA) is 51.8 Å². The zero-order chi connectivity index (χ0) is 14.1. The molecule has 0 radical (unpaired) electrons. The van der Waals surface area contributed by atoms with Gasteiger partial charge in [0.1, 0.15) is 5.75 Å². The van der Waals surface area contributed by atoms with Crippen LogP contribution in [0.5, 0.6) is 5.75 Å². The van der Waals surface area contributed by atoms with Crippen molar-refractivity contribution in [1.82, 2.24) is 10.6 Å². The molecule has 2 N–H and O–H groups in total. The molecular weight excluding hydrogens is 264 g/mol. The average Bonchev–Trinajstić information content (AvgIpc) is 2.46. The van der Waals surface area contributed by atoms with Gasteiger partial charge in [0.15, 0.2) is 11.4 Å². The van der Waals surface area contributed by atoms with Crippen molar-refractivity contribution in [2.45, 2.75) is 12.8 Å². The van der Waals surface area contributed by atoms with Gasteiger partial charge < -0.3 is 24.8 Å². The van der Waals surface area contributed by atoms with Crippen LogP contribution in [-0.2, 0) is 16.0 Å². The molecule has 0 aliphatic heterocycles. The van der Waals surface area contributed by atoms with Gasteiger partial charge in [-0.3, -0.25) is 0 Å². The summed E-state index contributed by atoms with van der Waals surface area (Å²) in [5.74, 6) is 0.840. The highest BCUT2D eigenvalue weighted by atomic mass is 32.1. The first-order valence-electron chi connectivity index (χ1n) is 5.89. The van der Waals surface area contributed by atoms with E-state index in [0.717, 1.165) is 11.3 Å². The lowest BCUT2D eigenvalue weighted by Crippen LogP contribution is -2.40. The van der Waals surface area contributed by atoms with E-state index in [-0.39, 0.29) is 6.29 Å². The molecule has 1 aromatic rings. The second-order valence-corrected chi connectivity index (χ2v) is 4.22. The van der Waals surface area contributed by atoms with Crippen molar-refractivity contribution in [3.8, 4) is 5.75 Å². The number of nitrogens with one attached hydrogen (secondary N) is 2. The summed E-state index contributed by atoms with van der Waals surface area (Å²) in [7, 11) is 4.82. The van der Waals surface area contributed by atoms with E-state index in [0.29, 0.717) is 18.2 Å². The van der Waals surface area contributed by atoms with Gasteiger partial charge in [-0.25, -0.2) is 0 Å². The highest BCUT2D eigenvalue weighted by Crippen LogP contribution is 2.10. The van der Waals surface area contributed by atoms with Gasteiger partial charge in [0.2, 0.25) is 0 Å². The third-order valence-corrected chi connectivity index (χ3v) is 2.86. The molecular formula is C13H20N2O3S. The Balaban J connectivity index is 2.29. The number of ether oxygens (including phenoxy) is 3. The van der Waals surface area contributed by atoms with Crippen molar-refractivity contribution in [2.75, 3.05) is 27.9 Å². The van der Waals surface area contributed by atoms with Gasteiger partial charge in [0.25, 0.3) is 0 Å². The summed E-state index contributed by atoms with van der Waals surface area (Å²) in [6.45, 7) is 1.15. The van der Waals surface area contributed by atoms with E-state index >= 15 is 0 Å². The van der Waals surface area contributed by atoms with Gasteiger partial charge in [-0.05, 0) is 29.9 Å². The summed E-state index contributed by atoms with van der Waals surface area (Å²) in [6.07, 6.45) is -0.305. The van der Waals surface area contributed by atoms with E-state index in [9.17, 15) is 0 Å². The summed E-state index contributed by atoms with van der Waals surface area (Å²) >= 11 is 5.16. The largest absolute Gasteiger partial charge is 0.497 e. The molecule has 106 valence electrons. The van der Waals surface area contributed by atoms with Crippen LogP contribution in [0.2, 0.25) is 0 Å². The first kappa shape index (κ1) is 15.7. The molecule has 0 saturated carbocycles. The minimum absolute atomic E-state index is 0.305. The molecule has 0 aromatic heterocycles. The molecule has 0 atom stereocenters. The summed E-state index contributed by atoms with van der Waals surface area (Å²) < 4.78 is 15.2. The smallest absolute Gasteiger partial charge is 0.174 e. The normalized spacial score (nSPS) is 10.3. The second kappa shape index (κ2) is 8.68. The first-order valence-corrected chi connectivity index (χ1v) is 6.30. The summed E-state index contributed by atoms with van der Waals surface area (Å²) in [4.78, 5) is 0. The van der Waals surface area contributed by atoms with E-state index in [1.807, 2.05) is 24.3 Å². The molecule has 6 heteroatoms. The molecule has 0 saturated heterocycles. The van der Waals surface area contributed by atoms with Gasteiger partial charge >= 0.3 is 0 Å². The van der Waals surface area contributed by atoms with Crippen LogP contribution in [-0.4, -0.2) is 39.3 Å². The fourth-order valence-electron chi connectivity index (χ4n) is 1.43. The molecule has 1 rings (SSSR count). The lowest BCUT2D eigenvalue weighted by Gasteiger charge is -2.16. The first-order chi connectivity index (χ1) is 9.19. The maximum absolute atomic E-state index is 5.16. The molecule has 1 aromatic carbocycles. The molecule has 0 aliphatic rings. The SMILES string of the molecule is COc1ccc(CNC(=S)NCC(OC)OC)cc1. The van der Waals surface area contributed by atoms with E-state index in [2.05, 4.69) is 10.6 Å². The van der Waals surface area contributed by atoms with Gasteiger partial charge in [0, 0.05) is 20.8 Å². The third-order valence-electron chi connectivity index (χ3n) is 2.57. The van der Waals surface area contributed by atoms with Crippen LogP contribution >= 0.6 is 12.2 Å². The number of hydrogen-bond donors (Lipinski definition) is 2. The molecule has 0 bridgehead atoms. The minimum atomic E-state index is -0.305. The van der Waals surface area contributed by atoms with Crippen molar-refractivity contribution in [1.29, 1.82) is 0 Å². The molecule has 0 heterocycles. The fraction of sp³-hybridized carbons (Fsp3) is 0.462. The predicted octanol–water partition coefficient (Wildman–Crippen LogP) is 1.28. The lowest BCUT2D eigenvalue weighted by atomic mass is 10.2. The Kier molecular flexibility index (Phi) is 7.17. The van der Waals surface area contributed by atoms with Crippen LogP contribution in [0.1, 0.15) is 5.56 Å². The third kappa shape index (κ3) is 5.87. The van der Waals surface area contributed by atoms with E-state index in [1.165, 1.54) is 0 Å². The Labute approximate surface area is 119 Å². The van der Waals surface area contributed by atoms with Crippen LogP contribution in [0.25, 0.3) is 0 Å². The Morgan fingerprint density at radius 2 is 1.74 bits per heavy atom. The van der Waals surface area contributed by atoms with Crippen LogP contribution < -0.4 is 15.4 Å². The maximum atomic E-state index is 5.16. The van der Waals surface area contributed by atoms with Gasteiger partial charge in [-0.2, -0.15) is 0 Å². The van der Waals surface area contributed by atoms with Gasteiger partial charge in [-0.1, -0.05) is 12.1 Å². The summed E-state index contributed by atoms with van der Waals surface area (Å²) in [6, 6.07) is 7.81. The lowest BCUT2D eigenvalue weighted by molar-refractivity contribution is -0.0965. The molecule has 0 aliphatic carbocycles. The molecule has 0 fully saturated rings. The Bertz CT molecular complexity index is 380. The quantitative estimate of drug-likeness (QED) is 0.581. The summed E-state index contributed by atoms with van der Waals surface area (Å²) in [5.41, 5.74) is 1.12. The highest BCUT2D eigenvalue weighted by Gasteiger charge is 2.05. The highest BCUT2D eigenvalue weighted by molar-refractivity contribution is 7.80. The minimum Gasteiger partial charge on any atom is -0.497 e. The zero-order valence-corrected chi connectivity index (χ0v) is 12.3. The van der Waals surface area contributed by atoms with E-state index in [4.69, 9.17) is 26.4 Å². The van der Waals surface area contributed by atoms with E-state index < -0.39 is 0 Å². The zero-order valence-electron chi connectivity index (χ0n) is 11.4. The maximum Gasteiger partial charge on any atom is 0.174 e. The molecule has 5 nitrogen and oxygen atoms in total. The second-order valence-electron chi connectivity index (χ2n) is 3.81. The Hall–Kier alpha value is -1.37. The number of methoxy groups -OCH3 is 3. The van der Waals surface area contributed by atoms with Gasteiger partial charge in [-0.15, -0.1) is 0 Å². The van der Waals surface area contributed by atoms with Crippen LogP contribution in [0, 0.1) is 0 Å². The predicted molar refractivity (Wildman–Crippen MR) is 78.2 cm³/mol. The fourth-order valence-corrected chi connectivity index (χ4v) is 1.58. The molecule has 0 spiro atoms. The number of thiocarbonyl (C=S) groups is 1. The standard InChI is InChI=1S/C13H20N2O3S/c1-16-11-6-4-10(5-7-11)8-14-13(19)15-9-12(17-2)18-3/h4-7,12H,8-9H2,1-3H3,(H2,14,15,19). The average molecular weight is 284 g/mol. The van der Waals surface area contributed by atoms with Crippen LogP contribution in [0.15, 0.2) is 24.3 Å².